The van der Waals surface area contributed by atoms with Gasteiger partial charge in [-0.2, -0.15) is 0 Å². The molecule has 0 aliphatic carbocycles. The smallest absolute Gasteiger partial charge is 0.242 e. The molecule has 0 aliphatic rings. The summed E-state index contributed by atoms with van der Waals surface area (Å²) in [6.45, 7) is 13.5. The Balaban J connectivity index is 1.44. The lowest BCUT2D eigenvalue weighted by molar-refractivity contribution is 1.11. The molecule has 234 valence electrons. The highest BCUT2D eigenvalue weighted by molar-refractivity contribution is 6.96. The number of anilines is 3. The summed E-state index contributed by atoms with van der Waals surface area (Å²) < 4.78 is 0. The second kappa shape index (κ2) is 13.0. The van der Waals surface area contributed by atoms with Gasteiger partial charge in [-0.15, -0.1) is 0 Å². The Morgan fingerprint density at radius 3 is 1.62 bits per heavy atom. The van der Waals surface area contributed by atoms with Crippen LogP contribution in [-0.2, 0) is 0 Å². The maximum Gasteiger partial charge on any atom is 0.242 e. The Bertz CT molecular complexity index is 2140. The molecule has 1 heterocycles. The van der Waals surface area contributed by atoms with E-state index in [2.05, 4.69) is 167 Å². The summed E-state index contributed by atoms with van der Waals surface area (Å²) in [7, 11) is 0. The fourth-order valence-electron chi connectivity index (χ4n) is 7.66. The first-order valence-corrected chi connectivity index (χ1v) is 16.7. The molecule has 0 radical (unpaired) electrons. The van der Waals surface area contributed by atoms with Crippen molar-refractivity contribution in [2.75, 3.05) is 4.90 Å². The van der Waals surface area contributed by atoms with Crippen LogP contribution in [0.2, 0.25) is 0 Å². The van der Waals surface area contributed by atoms with E-state index in [1.807, 2.05) is 12.3 Å². The monoisotopic (exact) mass is 621 g/mol. The van der Waals surface area contributed by atoms with Crippen molar-refractivity contribution in [2.24, 2.45) is 0 Å². The van der Waals surface area contributed by atoms with E-state index in [4.69, 9.17) is 4.98 Å². The van der Waals surface area contributed by atoms with Gasteiger partial charge in [-0.3, -0.25) is 4.90 Å². The topological polar surface area (TPSA) is 29.0 Å². The van der Waals surface area contributed by atoms with Crippen LogP contribution in [0.4, 0.5) is 17.2 Å². The number of benzene rings is 6. The standard InChI is InChI=1S/C44H40BN3/c1-29-22-31(3)43(32(4)23-29)45(44-33(5)24-30(2)25-34(44)6)38-16-18-39(19-17-38)48(42-20-21-46-28-47-42)41-27-37-15-11-10-14-36(37)26-40(41)35-12-8-7-9-13-35/h7-28H,1-6H3. The van der Waals surface area contributed by atoms with E-state index in [1.165, 1.54) is 60.5 Å². The summed E-state index contributed by atoms with van der Waals surface area (Å²) in [6.07, 6.45) is 3.44. The van der Waals surface area contributed by atoms with Gasteiger partial charge in [0.25, 0.3) is 0 Å². The zero-order valence-corrected chi connectivity index (χ0v) is 28.6. The van der Waals surface area contributed by atoms with Crippen molar-refractivity contribution >= 4 is 51.1 Å². The minimum absolute atomic E-state index is 0.105. The van der Waals surface area contributed by atoms with Crippen LogP contribution in [-0.4, -0.2) is 16.7 Å². The van der Waals surface area contributed by atoms with Gasteiger partial charge < -0.3 is 0 Å². The average molecular weight is 622 g/mol. The minimum atomic E-state index is 0.105. The van der Waals surface area contributed by atoms with Crippen LogP contribution >= 0.6 is 0 Å². The summed E-state index contributed by atoms with van der Waals surface area (Å²) in [4.78, 5) is 11.3. The lowest BCUT2D eigenvalue weighted by Crippen LogP contribution is -2.55. The van der Waals surface area contributed by atoms with Crippen LogP contribution in [0.25, 0.3) is 21.9 Å². The number of hydrogen-bond acceptors (Lipinski definition) is 3. The first kappa shape index (κ1) is 31.1. The molecule has 6 aromatic carbocycles. The quantitative estimate of drug-likeness (QED) is 0.166. The van der Waals surface area contributed by atoms with Gasteiger partial charge in [-0.25, -0.2) is 9.97 Å². The Kier molecular flexibility index (Phi) is 8.41. The second-order valence-electron chi connectivity index (χ2n) is 13.1. The van der Waals surface area contributed by atoms with E-state index < -0.39 is 0 Å². The molecule has 4 heteroatoms. The molecular weight excluding hydrogens is 581 g/mol. The highest BCUT2D eigenvalue weighted by Gasteiger charge is 2.29. The molecule has 48 heavy (non-hydrogen) atoms. The molecule has 3 nitrogen and oxygen atoms in total. The molecular formula is C44H40BN3. The first-order valence-electron chi connectivity index (χ1n) is 16.7. The third-order valence-electron chi connectivity index (χ3n) is 9.52. The van der Waals surface area contributed by atoms with E-state index in [0.29, 0.717) is 0 Å². The van der Waals surface area contributed by atoms with Gasteiger partial charge in [0.05, 0.1) is 5.69 Å². The van der Waals surface area contributed by atoms with Gasteiger partial charge in [0, 0.05) is 17.4 Å². The van der Waals surface area contributed by atoms with Gasteiger partial charge in [-0.05, 0) is 88.2 Å². The van der Waals surface area contributed by atoms with E-state index >= 15 is 0 Å². The van der Waals surface area contributed by atoms with Crippen LogP contribution in [0.15, 0.2) is 134 Å². The van der Waals surface area contributed by atoms with Crippen LogP contribution in [0.1, 0.15) is 33.4 Å². The summed E-state index contributed by atoms with van der Waals surface area (Å²) in [5, 5.41) is 2.38. The van der Waals surface area contributed by atoms with E-state index in [0.717, 1.165) is 28.3 Å². The van der Waals surface area contributed by atoms with E-state index in [9.17, 15) is 0 Å². The first-order chi connectivity index (χ1) is 23.3. The third-order valence-corrected chi connectivity index (χ3v) is 9.52. The normalized spacial score (nSPS) is 11.1. The zero-order chi connectivity index (χ0) is 33.4. The molecule has 0 spiro atoms. The van der Waals surface area contributed by atoms with E-state index in [-0.39, 0.29) is 6.71 Å². The molecule has 7 rings (SSSR count). The van der Waals surface area contributed by atoms with E-state index in [1.54, 1.807) is 6.33 Å². The number of fused-ring (bicyclic) bond motifs is 1. The lowest BCUT2D eigenvalue weighted by Gasteiger charge is -2.28. The van der Waals surface area contributed by atoms with Gasteiger partial charge in [0.2, 0.25) is 6.71 Å². The minimum Gasteiger partial charge on any atom is -0.294 e. The van der Waals surface area contributed by atoms with Crippen molar-refractivity contribution in [3.8, 4) is 11.1 Å². The number of rotatable bonds is 7. The highest BCUT2D eigenvalue weighted by Crippen LogP contribution is 2.41. The lowest BCUT2D eigenvalue weighted by atomic mass is 9.34. The highest BCUT2D eigenvalue weighted by atomic mass is 15.2. The number of nitrogens with zero attached hydrogens (tertiary/aromatic N) is 3. The predicted octanol–water partition coefficient (Wildman–Crippen LogP) is 9.13. The van der Waals surface area contributed by atoms with Crippen LogP contribution < -0.4 is 21.3 Å². The molecule has 0 bridgehead atoms. The van der Waals surface area contributed by atoms with Crippen molar-refractivity contribution < 1.29 is 0 Å². The Labute approximate surface area is 285 Å². The summed E-state index contributed by atoms with van der Waals surface area (Å²) in [5.41, 5.74) is 16.4. The average Bonchev–Trinajstić information content (AvgIpc) is 3.08. The second-order valence-corrected chi connectivity index (χ2v) is 13.1. The van der Waals surface area contributed by atoms with Crippen molar-refractivity contribution in [2.45, 2.75) is 41.5 Å². The van der Waals surface area contributed by atoms with Crippen LogP contribution in [0.3, 0.4) is 0 Å². The molecule has 7 aromatic rings. The number of aromatic nitrogens is 2. The van der Waals surface area contributed by atoms with Crippen molar-refractivity contribution in [3.05, 3.63) is 167 Å². The van der Waals surface area contributed by atoms with Crippen molar-refractivity contribution in [1.82, 2.24) is 9.97 Å². The molecule has 1 aromatic heterocycles. The zero-order valence-electron chi connectivity index (χ0n) is 28.6. The SMILES string of the molecule is Cc1cc(C)c(B(c2ccc(N(c3ccncn3)c3cc4ccccc4cc3-c3ccccc3)cc2)c2c(C)cc(C)cc2C)c(C)c1. The predicted molar refractivity (Wildman–Crippen MR) is 206 cm³/mol. The number of hydrogen-bond donors (Lipinski definition) is 0. The summed E-state index contributed by atoms with van der Waals surface area (Å²) >= 11 is 0. The summed E-state index contributed by atoms with van der Waals surface area (Å²) in [6, 6.07) is 44.2. The van der Waals surface area contributed by atoms with Crippen molar-refractivity contribution in [1.29, 1.82) is 0 Å². The Morgan fingerprint density at radius 2 is 1.08 bits per heavy atom. The molecule has 0 fully saturated rings. The molecule has 0 atom stereocenters. The molecule has 0 saturated carbocycles. The largest absolute Gasteiger partial charge is 0.294 e. The summed E-state index contributed by atoms with van der Waals surface area (Å²) in [5.74, 6) is 0.817. The van der Waals surface area contributed by atoms with Gasteiger partial charge in [-0.1, -0.05) is 141 Å². The van der Waals surface area contributed by atoms with Crippen LogP contribution in [0.5, 0.6) is 0 Å². The Hall–Kier alpha value is -5.48. The Morgan fingerprint density at radius 1 is 0.542 bits per heavy atom. The molecule has 0 saturated heterocycles. The van der Waals surface area contributed by atoms with Gasteiger partial charge >= 0.3 is 0 Å². The fraction of sp³-hybridized carbons (Fsp3) is 0.136. The molecule has 0 unspecified atom stereocenters. The molecule has 0 aliphatic heterocycles. The maximum absolute atomic E-state index is 4.78. The third kappa shape index (κ3) is 5.91. The van der Waals surface area contributed by atoms with Gasteiger partial charge in [0.15, 0.2) is 0 Å². The molecule has 0 N–H and O–H groups in total. The van der Waals surface area contributed by atoms with Crippen molar-refractivity contribution in [3.63, 3.8) is 0 Å². The maximum atomic E-state index is 4.78. The fourth-order valence-corrected chi connectivity index (χ4v) is 7.66. The van der Waals surface area contributed by atoms with Gasteiger partial charge in [0.1, 0.15) is 12.1 Å². The number of aryl methyl sites for hydroxylation is 6. The molecule has 0 amide bonds. The van der Waals surface area contributed by atoms with Crippen LogP contribution in [0, 0.1) is 41.5 Å².